The first kappa shape index (κ1) is 29.8. The van der Waals surface area contributed by atoms with Crippen LogP contribution in [0.4, 0.5) is 0 Å². The largest absolute Gasteiger partial charge is 0.319 e. The average molecular weight is 561 g/mol. The second-order valence-corrected chi connectivity index (χ2v) is 10.2. The lowest BCUT2D eigenvalue weighted by molar-refractivity contribution is -0.181. The van der Waals surface area contributed by atoms with Crippen LogP contribution in [0, 0.1) is 0 Å². The third-order valence-corrected chi connectivity index (χ3v) is 6.84. The molecule has 0 fully saturated rings. The van der Waals surface area contributed by atoms with Gasteiger partial charge < -0.3 is 9.05 Å². The van der Waals surface area contributed by atoms with Gasteiger partial charge in [0, 0.05) is 26.2 Å². The Bertz CT molecular complexity index is 1050. The monoisotopic (exact) mass is 560 g/mol. The maximum atomic E-state index is 12.3. The fraction of sp³-hybridized carbons (Fsp3) is 0.250. The molecule has 4 rings (SSSR count). The molecule has 4 aromatic rings. The van der Waals surface area contributed by atoms with Gasteiger partial charge in [-0.15, -0.1) is 0 Å². The summed E-state index contributed by atoms with van der Waals surface area (Å²) in [6.07, 6.45) is 0. The molecule has 0 saturated heterocycles. The highest BCUT2D eigenvalue weighted by Gasteiger charge is 2.11. The van der Waals surface area contributed by atoms with Gasteiger partial charge in [-0.2, -0.15) is 10.1 Å². The van der Waals surface area contributed by atoms with Crippen molar-refractivity contribution in [3.8, 4) is 0 Å². The van der Waals surface area contributed by atoms with E-state index >= 15 is 0 Å². The van der Waals surface area contributed by atoms with Crippen molar-refractivity contribution in [2.45, 2.75) is 26.2 Å². The van der Waals surface area contributed by atoms with E-state index in [1.54, 1.807) is 0 Å². The van der Waals surface area contributed by atoms with Crippen molar-refractivity contribution < 1.29 is 23.3 Å². The summed E-state index contributed by atoms with van der Waals surface area (Å²) in [5.41, 5.74) is 4.57. The Balaban J connectivity index is 1.16. The Labute approximate surface area is 237 Å². The predicted molar refractivity (Wildman–Crippen MR) is 157 cm³/mol. The number of benzene rings is 4. The van der Waals surface area contributed by atoms with E-state index < -0.39 is 8.25 Å². The zero-order valence-corrected chi connectivity index (χ0v) is 23.6. The summed E-state index contributed by atoms with van der Waals surface area (Å²) in [5.74, 6) is 0. The van der Waals surface area contributed by atoms with E-state index in [1.807, 2.05) is 82.9 Å². The summed E-state index contributed by atoms with van der Waals surface area (Å²) in [5, 5.41) is 3.77. The standard InChI is InChI=1S/C32H37N2O5P/c35-40(38-23-21-36-33(25-29-13-5-1-6-14-29)26-30-15-7-2-8-16-30)39-24-22-37-34(27-31-17-9-3-10-18-31)28-32-19-11-4-12-20-32/h1-20,40H,21-28H2. The molecule has 0 atom stereocenters. The first-order valence-corrected chi connectivity index (χ1v) is 14.7. The maximum absolute atomic E-state index is 12.3. The zero-order chi connectivity index (χ0) is 27.7. The average Bonchev–Trinajstić information content (AvgIpc) is 2.99. The molecule has 0 heterocycles. The van der Waals surface area contributed by atoms with Crippen LogP contribution in [0.2, 0.25) is 0 Å². The van der Waals surface area contributed by atoms with Crippen LogP contribution in [-0.4, -0.2) is 36.6 Å². The van der Waals surface area contributed by atoms with Crippen LogP contribution in [0.25, 0.3) is 0 Å². The third-order valence-electron chi connectivity index (χ3n) is 5.96. The minimum Gasteiger partial charge on any atom is -0.308 e. The van der Waals surface area contributed by atoms with Gasteiger partial charge in [-0.25, -0.2) is 0 Å². The highest BCUT2D eigenvalue weighted by Crippen LogP contribution is 2.23. The SMILES string of the molecule is O=[PH](OCCON(Cc1ccccc1)Cc1ccccc1)OCCON(Cc1ccccc1)Cc1ccccc1. The van der Waals surface area contributed by atoms with Crippen molar-refractivity contribution in [1.29, 1.82) is 0 Å². The Morgan fingerprint density at radius 3 is 0.975 bits per heavy atom. The first-order valence-electron chi connectivity index (χ1n) is 13.5. The second-order valence-electron chi connectivity index (χ2n) is 9.15. The highest BCUT2D eigenvalue weighted by molar-refractivity contribution is 7.33. The summed E-state index contributed by atoms with van der Waals surface area (Å²) in [6, 6.07) is 40.5. The summed E-state index contributed by atoms with van der Waals surface area (Å²) >= 11 is 0. The summed E-state index contributed by atoms with van der Waals surface area (Å²) < 4.78 is 23.1. The van der Waals surface area contributed by atoms with Crippen LogP contribution in [0.5, 0.6) is 0 Å². The smallest absolute Gasteiger partial charge is 0.308 e. The van der Waals surface area contributed by atoms with Crippen molar-refractivity contribution in [3.05, 3.63) is 144 Å². The number of hydrogen-bond donors (Lipinski definition) is 0. The molecule has 0 N–H and O–H groups in total. The lowest BCUT2D eigenvalue weighted by Gasteiger charge is -2.22. The van der Waals surface area contributed by atoms with Crippen LogP contribution in [0.1, 0.15) is 22.3 Å². The Morgan fingerprint density at radius 2 is 0.700 bits per heavy atom. The lowest BCUT2D eigenvalue weighted by atomic mass is 10.2. The van der Waals surface area contributed by atoms with E-state index in [2.05, 4.69) is 48.5 Å². The number of hydrogen-bond acceptors (Lipinski definition) is 7. The van der Waals surface area contributed by atoms with Gasteiger partial charge in [0.05, 0.1) is 26.4 Å². The van der Waals surface area contributed by atoms with Gasteiger partial charge in [0.2, 0.25) is 0 Å². The molecule has 0 spiro atoms. The van der Waals surface area contributed by atoms with Gasteiger partial charge in [-0.05, 0) is 22.3 Å². The Morgan fingerprint density at radius 1 is 0.425 bits per heavy atom. The molecule has 8 heteroatoms. The molecule has 0 aromatic heterocycles. The summed E-state index contributed by atoms with van der Waals surface area (Å²) in [7, 11) is -2.67. The van der Waals surface area contributed by atoms with Crippen LogP contribution >= 0.6 is 8.25 Å². The van der Waals surface area contributed by atoms with E-state index in [4.69, 9.17) is 18.7 Å². The molecule has 0 aliphatic rings. The number of rotatable bonds is 18. The molecule has 40 heavy (non-hydrogen) atoms. The van der Waals surface area contributed by atoms with E-state index in [0.717, 1.165) is 22.3 Å². The molecule has 0 aliphatic heterocycles. The molecule has 0 aliphatic carbocycles. The molecule has 0 amide bonds. The van der Waals surface area contributed by atoms with Gasteiger partial charge in [-0.1, -0.05) is 121 Å². The van der Waals surface area contributed by atoms with Crippen molar-refractivity contribution in [3.63, 3.8) is 0 Å². The Hall–Kier alpha value is -3.13. The van der Waals surface area contributed by atoms with Gasteiger partial charge in [0.25, 0.3) is 0 Å². The molecule has 0 saturated carbocycles. The van der Waals surface area contributed by atoms with Gasteiger partial charge >= 0.3 is 8.25 Å². The molecular weight excluding hydrogens is 523 g/mol. The van der Waals surface area contributed by atoms with Crippen molar-refractivity contribution >= 4 is 8.25 Å². The van der Waals surface area contributed by atoms with E-state index in [-0.39, 0.29) is 26.4 Å². The topological polar surface area (TPSA) is 60.5 Å². The fourth-order valence-corrected chi connectivity index (χ4v) is 4.65. The van der Waals surface area contributed by atoms with Gasteiger partial charge in [0.15, 0.2) is 0 Å². The molecule has 0 radical (unpaired) electrons. The quantitative estimate of drug-likeness (QED) is 0.0765. The molecular formula is C32H37N2O5P. The molecule has 4 aromatic carbocycles. The van der Waals surface area contributed by atoms with Crippen molar-refractivity contribution in [2.75, 3.05) is 26.4 Å². The normalized spacial score (nSPS) is 11.5. The molecule has 0 bridgehead atoms. The molecule has 0 unspecified atom stereocenters. The van der Waals surface area contributed by atoms with Gasteiger partial charge in [0.1, 0.15) is 0 Å². The van der Waals surface area contributed by atoms with Gasteiger partial charge in [-0.3, -0.25) is 14.2 Å². The van der Waals surface area contributed by atoms with Crippen LogP contribution in [-0.2, 0) is 49.5 Å². The predicted octanol–water partition coefficient (Wildman–Crippen LogP) is 6.68. The van der Waals surface area contributed by atoms with Crippen LogP contribution in [0.3, 0.4) is 0 Å². The first-order chi connectivity index (χ1) is 19.7. The maximum Gasteiger partial charge on any atom is 0.319 e. The Kier molecular flexibility index (Phi) is 13.1. The molecule has 7 nitrogen and oxygen atoms in total. The van der Waals surface area contributed by atoms with E-state index in [1.165, 1.54) is 0 Å². The summed E-state index contributed by atoms with van der Waals surface area (Å²) in [6.45, 7) is 3.35. The van der Waals surface area contributed by atoms with E-state index in [9.17, 15) is 4.57 Å². The second kappa shape index (κ2) is 17.5. The minimum atomic E-state index is -2.67. The summed E-state index contributed by atoms with van der Waals surface area (Å²) in [4.78, 5) is 11.9. The lowest BCUT2D eigenvalue weighted by Crippen LogP contribution is -2.25. The van der Waals surface area contributed by atoms with E-state index in [0.29, 0.717) is 26.2 Å². The fourth-order valence-electron chi connectivity index (χ4n) is 4.07. The molecule has 210 valence electrons. The zero-order valence-electron chi connectivity index (χ0n) is 22.6. The van der Waals surface area contributed by atoms with Crippen LogP contribution < -0.4 is 0 Å². The van der Waals surface area contributed by atoms with Crippen molar-refractivity contribution in [2.24, 2.45) is 0 Å². The highest BCUT2D eigenvalue weighted by atomic mass is 31.1. The number of nitrogens with zero attached hydrogens (tertiary/aromatic N) is 2. The third kappa shape index (κ3) is 11.5. The van der Waals surface area contributed by atoms with Crippen molar-refractivity contribution in [1.82, 2.24) is 10.1 Å². The minimum absolute atomic E-state index is 0.160. The van der Waals surface area contributed by atoms with Crippen LogP contribution in [0.15, 0.2) is 121 Å². The number of hydroxylamine groups is 4.